The van der Waals surface area contributed by atoms with Gasteiger partial charge >= 0.3 is 5.97 Å². The first-order valence-corrected chi connectivity index (χ1v) is 7.81. The van der Waals surface area contributed by atoms with Gasteiger partial charge < -0.3 is 19.1 Å². The number of aromatic carboxylic acids is 1. The van der Waals surface area contributed by atoms with E-state index < -0.39 is 5.97 Å². The summed E-state index contributed by atoms with van der Waals surface area (Å²) in [5.74, 6) is -0.364. The molecule has 0 bridgehead atoms. The Morgan fingerprint density at radius 2 is 1.85 bits per heavy atom. The summed E-state index contributed by atoms with van der Waals surface area (Å²) < 4.78 is 12.3. The molecule has 130 valence electrons. The lowest BCUT2D eigenvalue weighted by Crippen LogP contribution is -2.00. The summed E-state index contributed by atoms with van der Waals surface area (Å²) in [4.78, 5) is 11.0. The lowest BCUT2D eigenvalue weighted by molar-refractivity contribution is 0.0515. The first-order valence-electron chi connectivity index (χ1n) is 7.81. The summed E-state index contributed by atoms with van der Waals surface area (Å²) in [6.07, 6.45) is 3.53. The Balaban J connectivity index is 2.03. The Labute approximate surface area is 150 Å². The third kappa shape index (κ3) is 3.43. The molecule has 0 saturated heterocycles. The molecule has 0 unspecified atom stereocenters. The lowest BCUT2D eigenvalue weighted by atomic mass is 10.0. The molecule has 0 fully saturated rings. The Morgan fingerprint density at radius 1 is 1.12 bits per heavy atom. The number of methoxy groups -OCH3 is 1. The monoisotopic (exact) mass is 348 g/mol. The van der Waals surface area contributed by atoms with Crippen molar-refractivity contribution in [1.82, 2.24) is 4.57 Å². The lowest BCUT2D eigenvalue weighted by Gasteiger charge is -2.10. The van der Waals surface area contributed by atoms with Gasteiger partial charge in [-0.25, -0.2) is 4.79 Å². The molecule has 0 atom stereocenters. The minimum Gasteiger partial charge on any atom is -0.478 e. The van der Waals surface area contributed by atoms with Gasteiger partial charge in [0.15, 0.2) is 6.79 Å². The number of para-hydroxylation sites is 1. The summed E-state index contributed by atoms with van der Waals surface area (Å²) in [6.45, 7) is 0.107. The minimum atomic E-state index is -0.980. The average molecular weight is 348 g/mol. The standard InChI is InChI=1S/C20H16N2O4/c1-25-13-26-19-5-3-2-4-17(19)18-12-22(11-15(18)10-21)16-8-6-14(7-9-16)20(23)24/h2-9,11-12H,13H2,1H3,(H,23,24). The normalized spacial score (nSPS) is 10.3. The van der Waals surface area contributed by atoms with Crippen molar-refractivity contribution in [3.63, 3.8) is 0 Å². The molecule has 0 spiro atoms. The highest BCUT2D eigenvalue weighted by molar-refractivity contribution is 5.87. The number of nitriles is 1. The summed E-state index contributed by atoms with van der Waals surface area (Å²) in [6, 6.07) is 16.0. The number of hydrogen-bond donors (Lipinski definition) is 1. The smallest absolute Gasteiger partial charge is 0.335 e. The van der Waals surface area contributed by atoms with Gasteiger partial charge in [-0.1, -0.05) is 18.2 Å². The molecular formula is C20H16N2O4. The second-order valence-electron chi connectivity index (χ2n) is 5.50. The Kier molecular flexibility index (Phi) is 5.02. The number of nitrogens with zero attached hydrogens (tertiary/aromatic N) is 2. The zero-order valence-electron chi connectivity index (χ0n) is 14.0. The molecule has 1 N–H and O–H groups in total. The van der Waals surface area contributed by atoms with Crippen molar-refractivity contribution in [2.24, 2.45) is 0 Å². The molecule has 0 aliphatic carbocycles. The third-order valence-electron chi connectivity index (χ3n) is 3.87. The van der Waals surface area contributed by atoms with Crippen molar-refractivity contribution >= 4 is 5.97 Å². The van der Waals surface area contributed by atoms with Crippen LogP contribution in [0.2, 0.25) is 0 Å². The minimum absolute atomic E-state index is 0.107. The Morgan fingerprint density at radius 3 is 2.50 bits per heavy atom. The van der Waals surface area contributed by atoms with E-state index in [0.29, 0.717) is 11.3 Å². The maximum atomic E-state index is 11.0. The van der Waals surface area contributed by atoms with Crippen molar-refractivity contribution in [2.75, 3.05) is 13.9 Å². The van der Waals surface area contributed by atoms with Gasteiger partial charge in [0.25, 0.3) is 0 Å². The van der Waals surface area contributed by atoms with Crippen molar-refractivity contribution in [1.29, 1.82) is 5.26 Å². The molecule has 1 heterocycles. The van der Waals surface area contributed by atoms with Crippen LogP contribution in [0.1, 0.15) is 15.9 Å². The second-order valence-corrected chi connectivity index (χ2v) is 5.50. The van der Waals surface area contributed by atoms with Crippen molar-refractivity contribution in [2.45, 2.75) is 0 Å². The maximum absolute atomic E-state index is 11.0. The van der Waals surface area contributed by atoms with Crippen LogP contribution in [-0.4, -0.2) is 29.5 Å². The van der Waals surface area contributed by atoms with Crippen molar-refractivity contribution < 1.29 is 19.4 Å². The summed E-state index contributed by atoms with van der Waals surface area (Å²) in [7, 11) is 1.54. The molecule has 1 aromatic heterocycles. The summed E-state index contributed by atoms with van der Waals surface area (Å²) in [5, 5.41) is 18.5. The van der Waals surface area contributed by atoms with E-state index in [0.717, 1.165) is 16.8 Å². The maximum Gasteiger partial charge on any atom is 0.335 e. The topological polar surface area (TPSA) is 84.5 Å². The highest BCUT2D eigenvalue weighted by atomic mass is 16.7. The molecule has 0 aliphatic heterocycles. The van der Waals surface area contributed by atoms with Crippen molar-refractivity contribution in [3.8, 4) is 28.6 Å². The first-order chi connectivity index (χ1) is 12.6. The highest BCUT2D eigenvalue weighted by Crippen LogP contribution is 2.33. The predicted octanol–water partition coefficient (Wildman–Crippen LogP) is 3.70. The molecule has 0 saturated carbocycles. The van der Waals surface area contributed by atoms with E-state index in [1.807, 2.05) is 30.5 Å². The zero-order valence-corrected chi connectivity index (χ0v) is 14.0. The van der Waals surface area contributed by atoms with E-state index in [1.54, 1.807) is 30.0 Å². The van der Waals surface area contributed by atoms with Gasteiger partial charge in [0.05, 0.1) is 11.1 Å². The van der Waals surface area contributed by atoms with Crippen LogP contribution in [0.25, 0.3) is 16.8 Å². The largest absolute Gasteiger partial charge is 0.478 e. The number of aromatic nitrogens is 1. The number of hydrogen-bond acceptors (Lipinski definition) is 4. The van der Waals surface area contributed by atoms with Gasteiger partial charge in [-0.15, -0.1) is 0 Å². The summed E-state index contributed by atoms with van der Waals surface area (Å²) >= 11 is 0. The van der Waals surface area contributed by atoms with Gasteiger partial charge in [0.1, 0.15) is 11.8 Å². The van der Waals surface area contributed by atoms with Crippen LogP contribution in [0.5, 0.6) is 5.75 Å². The fourth-order valence-corrected chi connectivity index (χ4v) is 2.62. The molecule has 2 aromatic carbocycles. The van der Waals surface area contributed by atoms with E-state index in [-0.39, 0.29) is 12.4 Å². The molecular weight excluding hydrogens is 332 g/mol. The van der Waals surface area contributed by atoms with Crippen LogP contribution < -0.4 is 4.74 Å². The number of ether oxygens (including phenoxy) is 2. The SMILES string of the molecule is COCOc1ccccc1-c1cn(-c2ccc(C(=O)O)cc2)cc1C#N. The Bertz CT molecular complexity index is 968. The highest BCUT2D eigenvalue weighted by Gasteiger charge is 2.14. The Hall–Kier alpha value is -3.56. The fourth-order valence-electron chi connectivity index (χ4n) is 2.62. The van der Waals surface area contributed by atoms with Crippen LogP contribution >= 0.6 is 0 Å². The van der Waals surface area contributed by atoms with Gasteiger partial charge in [-0.2, -0.15) is 5.26 Å². The van der Waals surface area contributed by atoms with Gasteiger partial charge in [0.2, 0.25) is 0 Å². The quantitative estimate of drug-likeness (QED) is 0.687. The molecule has 0 aliphatic rings. The van der Waals surface area contributed by atoms with Crippen LogP contribution in [0.4, 0.5) is 0 Å². The molecule has 26 heavy (non-hydrogen) atoms. The van der Waals surface area contributed by atoms with Gasteiger partial charge in [0, 0.05) is 36.3 Å². The van der Waals surface area contributed by atoms with Gasteiger partial charge in [-0.3, -0.25) is 0 Å². The number of carboxylic acid groups (broad SMARTS) is 1. The van der Waals surface area contributed by atoms with Crippen LogP contribution in [-0.2, 0) is 4.74 Å². The van der Waals surface area contributed by atoms with Gasteiger partial charge in [-0.05, 0) is 30.3 Å². The van der Waals surface area contributed by atoms with Crippen LogP contribution in [0.3, 0.4) is 0 Å². The molecule has 3 rings (SSSR count). The zero-order chi connectivity index (χ0) is 18.5. The van der Waals surface area contributed by atoms with Crippen LogP contribution in [0, 0.1) is 11.3 Å². The second kappa shape index (κ2) is 7.55. The van der Waals surface area contributed by atoms with Crippen LogP contribution in [0.15, 0.2) is 60.9 Å². The predicted molar refractivity (Wildman–Crippen MR) is 95.4 cm³/mol. The molecule has 0 amide bonds. The fraction of sp³-hybridized carbons (Fsp3) is 0.100. The summed E-state index contributed by atoms with van der Waals surface area (Å²) in [5.41, 5.74) is 2.96. The number of benzene rings is 2. The van der Waals surface area contributed by atoms with E-state index in [1.165, 1.54) is 12.1 Å². The number of rotatable bonds is 6. The average Bonchev–Trinajstić information content (AvgIpc) is 3.11. The first kappa shape index (κ1) is 17.3. The molecule has 3 aromatic rings. The van der Waals surface area contributed by atoms with Crippen molar-refractivity contribution in [3.05, 3.63) is 72.1 Å². The van der Waals surface area contributed by atoms with E-state index >= 15 is 0 Å². The molecule has 0 radical (unpaired) electrons. The molecule has 6 heteroatoms. The molecule has 6 nitrogen and oxygen atoms in total. The number of carboxylic acids is 1. The number of carbonyl (C=O) groups is 1. The van der Waals surface area contributed by atoms with E-state index in [9.17, 15) is 10.1 Å². The van der Waals surface area contributed by atoms with E-state index in [2.05, 4.69) is 6.07 Å². The third-order valence-corrected chi connectivity index (χ3v) is 3.87. The van der Waals surface area contributed by atoms with E-state index in [4.69, 9.17) is 14.6 Å².